The van der Waals surface area contributed by atoms with Crippen molar-refractivity contribution < 1.29 is 17.9 Å². The summed E-state index contributed by atoms with van der Waals surface area (Å²) in [6.07, 6.45) is -4.42. The van der Waals surface area contributed by atoms with Crippen LogP contribution in [0, 0.1) is 6.07 Å². The van der Waals surface area contributed by atoms with Gasteiger partial charge in [-0.3, -0.25) is 0 Å². The van der Waals surface area contributed by atoms with Gasteiger partial charge in [0.1, 0.15) is 11.3 Å². The number of benzene rings is 1. The number of hydrogen-bond donors (Lipinski definition) is 0. The van der Waals surface area contributed by atoms with Crippen molar-refractivity contribution in [3.63, 3.8) is 0 Å². The molecule has 1 aromatic carbocycles. The van der Waals surface area contributed by atoms with Crippen LogP contribution in [-0.4, -0.2) is 7.11 Å². The van der Waals surface area contributed by atoms with Gasteiger partial charge in [-0.15, -0.1) is 0 Å². The third-order valence-electron chi connectivity index (χ3n) is 1.41. The van der Waals surface area contributed by atoms with Crippen LogP contribution in [0.3, 0.4) is 0 Å². The lowest BCUT2D eigenvalue weighted by Gasteiger charge is -2.12. The average Bonchev–Trinajstić information content (AvgIpc) is 2.01. The quantitative estimate of drug-likeness (QED) is 0.747. The first-order chi connectivity index (χ1) is 5.96. The highest BCUT2D eigenvalue weighted by Gasteiger charge is 2.36. The van der Waals surface area contributed by atoms with E-state index in [-0.39, 0.29) is 10.2 Å². The molecule has 13 heavy (non-hydrogen) atoms. The molecule has 0 aliphatic heterocycles. The van der Waals surface area contributed by atoms with Gasteiger partial charge in [0.05, 0.1) is 7.11 Å². The summed E-state index contributed by atoms with van der Waals surface area (Å²) in [7, 11) is 1.19. The summed E-state index contributed by atoms with van der Waals surface area (Å²) in [5.41, 5.74) is -0.811. The van der Waals surface area contributed by atoms with Gasteiger partial charge in [-0.1, -0.05) is 15.9 Å². The molecule has 5 heteroatoms. The average molecular weight is 254 g/mol. The summed E-state index contributed by atoms with van der Waals surface area (Å²) in [4.78, 5) is 0. The van der Waals surface area contributed by atoms with Crippen LogP contribution in [0.2, 0.25) is 0 Å². The van der Waals surface area contributed by atoms with Crippen molar-refractivity contribution in [3.8, 4) is 5.75 Å². The Bertz CT molecular complexity index is 309. The lowest BCUT2D eigenvalue weighted by Crippen LogP contribution is -2.08. The van der Waals surface area contributed by atoms with Crippen molar-refractivity contribution in [2.45, 2.75) is 6.18 Å². The van der Waals surface area contributed by atoms with Gasteiger partial charge >= 0.3 is 6.18 Å². The van der Waals surface area contributed by atoms with Crippen LogP contribution < -0.4 is 4.74 Å². The summed E-state index contributed by atoms with van der Waals surface area (Å²) in [5.74, 6) is -0.234. The van der Waals surface area contributed by atoms with E-state index in [1.165, 1.54) is 13.2 Å². The maximum Gasteiger partial charge on any atom is 0.421 e. The van der Waals surface area contributed by atoms with E-state index in [2.05, 4.69) is 26.7 Å². The fraction of sp³-hybridized carbons (Fsp3) is 0.250. The lowest BCUT2D eigenvalue weighted by molar-refractivity contribution is -0.139. The summed E-state index contributed by atoms with van der Waals surface area (Å²) >= 11 is 2.79. The van der Waals surface area contributed by atoms with Crippen molar-refractivity contribution in [2.24, 2.45) is 0 Å². The molecule has 0 unspecified atom stereocenters. The molecular weight excluding hydrogens is 249 g/mol. The van der Waals surface area contributed by atoms with Crippen LogP contribution in [-0.2, 0) is 6.18 Å². The molecule has 0 aromatic heterocycles. The van der Waals surface area contributed by atoms with Gasteiger partial charge in [-0.25, -0.2) is 0 Å². The predicted molar refractivity (Wildman–Crippen MR) is 44.5 cm³/mol. The van der Waals surface area contributed by atoms with E-state index in [1.807, 2.05) is 0 Å². The highest BCUT2D eigenvalue weighted by molar-refractivity contribution is 9.10. The third-order valence-corrected chi connectivity index (χ3v) is 2.04. The summed E-state index contributed by atoms with van der Waals surface area (Å²) in [6.45, 7) is 0. The van der Waals surface area contributed by atoms with Crippen LogP contribution in [0.15, 0.2) is 16.6 Å². The molecule has 0 amide bonds. The fourth-order valence-electron chi connectivity index (χ4n) is 0.889. The molecule has 0 aliphatic carbocycles. The monoisotopic (exact) mass is 253 g/mol. The zero-order valence-electron chi connectivity index (χ0n) is 6.57. The Morgan fingerprint density at radius 2 is 2.00 bits per heavy atom. The molecule has 0 N–H and O–H groups in total. The molecule has 0 fully saturated rings. The molecule has 0 aliphatic rings. The number of alkyl halides is 3. The summed E-state index contributed by atoms with van der Waals surface area (Å²) in [5, 5.41) is 0. The van der Waals surface area contributed by atoms with Crippen molar-refractivity contribution >= 4 is 15.9 Å². The molecule has 1 rings (SSSR count). The van der Waals surface area contributed by atoms with E-state index >= 15 is 0 Å². The van der Waals surface area contributed by atoms with Gasteiger partial charge < -0.3 is 4.74 Å². The van der Waals surface area contributed by atoms with Crippen LogP contribution >= 0.6 is 15.9 Å². The Morgan fingerprint density at radius 1 is 1.38 bits per heavy atom. The van der Waals surface area contributed by atoms with Crippen molar-refractivity contribution in [1.82, 2.24) is 0 Å². The van der Waals surface area contributed by atoms with E-state index < -0.39 is 11.7 Å². The van der Waals surface area contributed by atoms with Gasteiger partial charge in [0.25, 0.3) is 0 Å². The Kier molecular flexibility index (Phi) is 2.85. The highest BCUT2D eigenvalue weighted by Crippen LogP contribution is 2.40. The molecule has 0 spiro atoms. The fourth-order valence-corrected chi connectivity index (χ4v) is 1.44. The summed E-state index contributed by atoms with van der Waals surface area (Å²) < 4.78 is 41.6. The number of hydrogen-bond acceptors (Lipinski definition) is 1. The maximum absolute atomic E-state index is 12.4. The molecule has 0 saturated carbocycles. The van der Waals surface area contributed by atoms with E-state index in [4.69, 9.17) is 0 Å². The first-order valence-electron chi connectivity index (χ1n) is 3.27. The minimum atomic E-state index is -4.42. The van der Waals surface area contributed by atoms with Gasteiger partial charge in [0.2, 0.25) is 0 Å². The Hall–Kier alpha value is -0.710. The van der Waals surface area contributed by atoms with E-state index in [9.17, 15) is 13.2 Å². The van der Waals surface area contributed by atoms with Crippen molar-refractivity contribution in [2.75, 3.05) is 7.11 Å². The molecule has 0 heterocycles. The van der Waals surface area contributed by atoms with Gasteiger partial charge in [0.15, 0.2) is 0 Å². The number of ether oxygens (including phenoxy) is 1. The molecule has 0 atom stereocenters. The topological polar surface area (TPSA) is 9.23 Å². The first-order valence-corrected chi connectivity index (χ1v) is 4.07. The second-order valence-electron chi connectivity index (χ2n) is 2.24. The predicted octanol–water partition coefficient (Wildman–Crippen LogP) is 3.28. The van der Waals surface area contributed by atoms with Crippen LogP contribution in [0.5, 0.6) is 5.75 Å². The lowest BCUT2D eigenvalue weighted by atomic mass is 10.2. The Labute approximate surface area is 81.6 Å². The van der Waals surface area contributed by atoms with Gasteiger partial charge in [-0.05, 0) is 18.2 Å². The molecule has 1 nitrogen and oxygen atoms in total. The normalized spacial score (nSPS) is 11.5. The molecule has 0 saturated heterocycles. The zero-order chi connectivity index (χ0) is 10.1. The summed E-state index contributed by atoms with van der Waals surface area (Å²) in [6, 6.07) is 4.87. The first kappa shape index (κ1) is 10.4. The Balaban J connectivity index is 3.32. The second kappa shape index (κ2) is 3.57. The van der Waals surface area contributed by atoms with Crippen LogP contribution in [0.1, 0.15) is 5.56 Å². The van der Waals surface area contributed by atoms with Crippen LogP contribution in [0.4, 0.5) is 13.2 Å². The largest absolute Gasteiger partial charge is 0.496 e. The van der Waals surface area contributed by atoms with Gasteiger partial charge in [0, 0.05) is 4.47 Å². The minimum absolute atomic E-state index is 0.0700. The van der Waals surface area contributed by atoms with Crippen LogP contribution in [0.25, 0.3) is 0 Å². The minimum Gasteiger partial charge on any atom is -0.496 e. The molecule has 71 valence electrons. The number of rotatable bonds is 1. The van der Waals surface area contributed by atoms with Crippen molar-refractivity contribution in [3.05, 3.63) is 28.2 Å². The zero-order valence-corrected chi connectivity index (χ0v) is 8.16. The van der Waals surface area contributed by atoms with E-state index in [0.717, 1.165) is 6.07 Å². The molecule has 1 aromatic rings. The van der Waals surface area contributed by atoms with E-state index in [0.29, 0.717) is 0 Å². The highest BCUT2D eigenvalue weighted by atomic mass is 79.9. The molecular formula is C8H5BrF3O. The van der Waals surface area contributed by atoms with Gasteiger partial charge in [-0.2, -0.15) is 13.2 Å². The van der Waals surface area contributed by atoms with Crippen molar-refractivity contribution in [1.29, 1.82) is 0 Å². The second-order valence-corrected chi connectivity index (χ2v) is 3.10. The molecule has 0 bridgehead atoms. The third kappa shape index (κ3) is 2.15. The standard InChI is InChI=1S/C8H5BrF3O/c1-13-6-4-2-3-5(9)7(6)8(10,11)12/h3-4H,1H3. The number of methoxy groups -OCH3 is 1. The molecule has 1 radical (unpaired) electrons. The maximum atomic E-state index is 12.4. The smallest absolute Gasteiger partial charge is 0.421 e. The van der Waals surface area contributed by atoms with E-state index in [1.54, 1.807) is 0 Å². The Morgan fingerprint density at radius 3 is 2.38 bits per heavy atom. The SMILES string of the molecule is COc1c[c]cc(Br)c1C(F)(F)F. The number of halogens is 4.